The first-order valence-corrected chi connectivity index (χ1v) is 8.02. The number of hydrogen-bond acceptors (Lipinski definition) is 3. The summed E-state index contributed by atoms with van der Waals surface area (Å²) in [5.41, 5.74) is 4.30. The van der Waals surface area contributed by atoms with Gasteiger partial charge in [-0.25, -0.2) is 0 Å². The van der Waals surface area contributed by atoms with Crippen molar-refractivity contribution in [2.24, 2.45) is 10.4 Å². The van der Waals surface area contributed by atoms with E-state index in [0.717, 1.165) is 22.4 Å². The summed E-state index contributed by atoms with van der Waals surface area (Å²) in [5.74, 6) is -0.271. The number of hydrogen-bond donors (Lipinski definition) is 0. The number of ether oxygens (including phenoxy) is 1. The van der Waals surface area contributed by atoms with Gasteiger partial charge in [0, 0.05) is 5.71 Å². The van der Waals surface area contributed by atoms with Gasteiger partial charge in [-0.05, 0) is 30.5 Å². The van der Waals surface area contributed by atoms with Crippen LogP contribution in [-0.4, -0.2) is 18.8 Å². The highest BCUT2D eigenvalue weighted by molar-refractivity contribution is 6.25. The molecule has 0 spiro atoms. The van der Waals surface area contributed by atoms with Crippen LogP contribution in [0.2, 0.25) is 0 Å². The average Bonchev–Trinajstić information content (AvgIpc) is 3.37. The molecule has 0 aliphatic heterocycles. The van der Waals surface area contributed by atoms with E-state index < -0.39 is 5.41 Å². The molecule has 0 saturated carbocycles. The lowest BCUT2D eigenvalue weighted by molar-refractivity contribution is -0.143. The normalized spacial score (nSPS) is 19.6. The Balaban J connectivity index is 1.86. The maximum absolute atomic E-state index is 12.4. The number of nitrogens with zero attached hydrogens (tertiary/aromatic N) is 1. The Labute approximate surface area is 142 Å². The van der Waals surface area contributed by atoms with E-state index in [1.807, 2.05) is 74.5 Å². The van der Waals surface area contributed by atoms with E-state index in [-0.39, 0.29) is 5.97 Å². The van der Waals surface area contributed by atoms with Crippen LogP contribution in [0.4, 0.5) is 0 Å². The topological polar surface area (TPSA) is 38.7 Å². The predicted molar refractivity (Wildman–Crippen MR) is 96.9 cm³/mol. The first-order valence-electron chi connectivity index (χ1n) is 8.02. The number of carbonyl (C=O) groups excluding carboxylic acids is 1. The Morgan fingerprint density at radius 3 is 2.38 bits per heavy atom. The summed E-state index contributed by atoms with van der Waals surface area (Å²) < 4.78 is 5.05. The fraction of sp³-hybridized carbons (Fsp3) is 0.238. The first kappa shape index (κ1) is 16.2. The average molecular weight is 319 g/mol. The fourth-order valence-electron chi connectivity index (χ4n) is 2.92. The molecule has 0 bridgehead atoms. The van der Waals surface area contributed by atoms with Gasteiger partial charge in [-0.1, -0.05) is 66.2 Å². The largest absolute Gasteiger partial charge is 0.468 e. The molecule has 3 heteroatoms. The quantitative estimate of drug-likeness (QED) is 0.611. The summed E-state index contributed by atoms with van der Waals surface area (Å²) in [4.78, 5) is 17.1. The Morgan fingerprint density at radius 2 is 1.75 bits per heavy atom. The van der Waals surface area contributed by atoms with Crippen LogP contribution in [0.3, 0.4) is 0 Å². The van der Waals surface area contributed by atoms with Crippen molar-refractivity contribution < 1.29 is 9.53 Å². The molecule has 0 heterocycles. The van der Waals surface area contributed by atoms with E-state index in [9.17, 15) is 4.79 Å². The van der Waals surface area contributed by atoms with Crippen molar-refractivity contribution in [3.05, 3.63) is 77.4 Å². The molecular formula is C21H21NO2. The first-order chi connectivity index (χ1) is 11.6. The van der Waals surface area contributed by atoms with E-state index in [1.54, 1.807) is 0 Å². The lowest BCUT2D eigenvalue weighted by Crippen LogP contribution is -2.28. The number of aryl methyl sites for hydroxylation is 1. The van der Waals surface area contributed by atoms with Crippen molar-refractivity contribution in [1.29, 1.82) is 0 Å². The summed E-state index contributed by atoms with van der Waals surface area (Å²) in [6, 6.07) is 18.2. The van der Waals surface area contributed by atoms with E-state index in [4.69, 9.17) is 4.74 Å². The van der Waals surface area contributed by atoms with Gasteiger partial charge >= 0.3 is 5.97 Å². The zero-order valence-corrected chi connectivity index (χ0v) is 14.2. The number of esters is 1. The van der Waals surface area contributed by atoms with Crippen LogP contribution in [0.15, 0.2) is 65.7 Å². The molecule has 0 amide bonds. The van der Waals surface area contributed by atoms with Gasteiger partial charge in [0.05, 0.1) is 13.7 Å². The molecule has 0 N–H and O–H groups in total. The molecule has 3 rings (SSSR count). The molecule has 2 aromatic rings. The van der Waals surface area contributed by atoms with E-state index in [2.05, 4.69) is 4.99 Å². The zero-order chi connectivity index (χ0) is 17.2. The van der Waals surface area contributed by atoms with E-state index >= 15 is 0 Å². The number of rotatable bonds is 5. The number of benzene rings is 2. The Morgan fingerprint density at radius 1 is 1.08 bits per heavy atom. The van der Waals surface area contributed by atoms with Crippen LogP contribution >= 0.6 is 0 Å². The maximum atomic E-state index is 12.4. The zero-order valence-electron chi connectivity index (χ0n) is 14.2. The molecule has 1 aliphatic rings. The number of methoxy groups -OCH3 is 1. The second-order valence-electron chi connectivity index (χ2n) is 6.11. The lowest BCUT2D eigenvalue weighted by atomic mass is 9.91. The van der Waals surface area contributed by atoms with Crippen LogP contribution in [0.1, 0.15) is 23.6 Å². The summed E-state index contributed by atoms with van der Waals surface area (Å²) in [5, 5.41) is 0. The van der Waals surface area contributed by atoms with Gasteiger partial charge in [-0.15, -0.1) is 0 Å². The predicted octanol–water partition coefficient (Wildman–Crippen LogP) is 4.21. The summed E-state index contributed by atoms with van der Waals surface area (Å²) in [6.07, 6.45) is 1.95. The van der Waals surface area contributed by atoms with Gasteiger partial charge in [0.15, 0.2) is 0 Å². The summed E-state index contributed by atoms with van der Waals surface area (Å²) >= 11 is 0. The SMILES string of the molecule is COC(=O)C1(C(C)=NCc2ccccc2)C=C1c1ccc(C)cc1. The summed E-state index contributed by atoms with van der Waals surface area (Å²) in [7, 11) is 1.42. The van der Waals surface area contributed by atoms with Crippen molar-refractivity contribution in [3.63, 3.8) is 0 Å². The van der Waals surface area contributed by atoms with Crippen LogP contribution < -0.4 is 0 Å². The molecule has 0 saturated heterocycles. The second kappa shape index (κ2) is 6.44. The van der Waals surface area contributed by atoms with Gasteiger partial charge in [0.2, 0.25) is 0 Å². The van der Waals surface area contributed by atoms with Crippen LogP contribution in [0.25, 0.3) is 5.57 Å². The minimum absolute atomic E-state index is 0.271. The standard InChI is InChI=1S/C21H21NO2/c1-15-9-11-18(12-10-15)19-13-21(19,20(23)24-3)16(2)22-14-17-7-5-4-6-8-17/h4-13H,14H2,1-3H3. The smallest absolute Gasteiger partial charge is 0.326 e. The molecule has 0 radical (unpaired) electrons. The highest BCUT2D eigenvalue weighted by Gasteiger charge is 2.55. The highest BCUT2D eigenvalue weighted by atomic mass is 16.5. The third-order valence-electron chi connectivity index (χ3n) is 4.48. The second-order valence-corrected chi connectivity index (χ2v) is 6.11. The van der Waals surface area contributed by atoms with Crippen molar-refractivity contribution in [3.8, 4) is 0 Å². The monoisotopic (exact) mass is 319 g/mol. The van der Waals surface area contributed by atoms with Gasteiger partial charge in [0.25, 0.3) is 0 Å². The molecule has 24 heavy (non-hydrogen) atoms. The summed E-state index contributed by atoms with van der Waals surface area (Å²) in [6.45, 7) is 4.50. The van der Waals surface area contributed by atoms with Gasteiger partial charge < -0.3 is 4.74 Å². The molecule has 1 atom stereocenters. The van der Waals surface area contributed by atoms with Gasteiger partial charge in [0.1, 0.15) is 5.41 Å². The Kier molecular flexibility index (Phi) is 4.34. The molecule has 122 valence electrons. The van der Waals surface area contributed by atoms with E-state index in [0.29, 0.717) is 6.54 Å². The highest BCUT2D eigenvalue weighted by Crippen LogP contribution is 2.53. The van der Waals surface area contributed by atoms with Crippen LogP contribution in [0, 0.1) is 12.3 Å². The minimum atomic E-state index is -0.807. The molecular weight excluding hydrogens is 298 g/mol. The van der Waals surface area contributed by atoms with Crippen molar-refractivity contribution in [2.45, 2.75) is 20.4 Å². The molecule has 1 unspecified atom stereocenters. The minimum Gasteiger partial charge on any atom is -0.468 e. The van der Waals surface area contributed by atoms with Crippen LogP contribution in [0.5, 0.6) is 0 Å². The van der Waals surface area contributed by atoms with Gasteiger partial charge in [-0.2, -0.15) is 0 Å². The number of aliphatic imine (C=N–C) groups is 1. The number of carbonyl (C=O) groups is 1. The lowest BCUT2D eigenvalue weighted by Gasteiger charge is -2.16. The van der Waals surface area contributed by atoms with Crippen molar-refractivity contribution in [2.75, 3.05) is 7.11 Å². The molecule has 3 nitrogen and oxygen atoms in total. The molecule has 1 aliphatic carbocycles. The Bertz CT molecular complexity index is 803. The molecule has 0 fully saturated rings. The third kappa shape index (κ3) is 2.90. The van der Waals surface area contributed by atoms with Gasteiger partial charge in [-0.3, -0.25) is 9.79 Å². The van der Waals surface area contributed by atoms with Crippen molar-refractivity contribution in [1.82, 2.24) is 0 Å². The maximum Gasteiger partial charge on any atom is 0.326 e. The van der Waals surface area contributed by atoms with E-state index in [1.165, 1.54) is 12.7 Å². The van der Waals surface area contributed by atoms with Crippen LogP contribution in [-0.2, 0) is 16.1 Å². The fourth-order valence-corrected chi connectivity index (χ4v) is 2.92. The van der Waals surface area contributed by atoms with Crippen molar-refractivity contribution >= 4 is 17.3 Å². The Hall–Kier alpha value is -2.68. The third-order valence-corrected chi connectivity index (χ3v) is 4.48. The molecule has 0 aromatic heterocycles. The molecule has 2 aromatic carbocycles.